The fraction of sp³-hybridized carbons (Fsp3) is 0.400. The van der Waals surface area contributed by atoms with E-state index in [1.165, 1.54) is 13.2 Å². The highest BCUT2D eigenvalue weighted by molar-refractivity contribution is 5.40. The minimum atomic E-state index is -0.741. The van der Waals surface area contributed by atoms with E-state index < -0.39 is 6.10 Å². The van der Waals surface area contributed by atoms with Crippen molar-refractivity contribution in [1.82, 2.24) is 0 Å². The lowest BCUT2D eigenvalue weighted by Gasteiger charge is -2.12. The van der Waals surface area contributed by atoms with Gasteiger partial charge in [0.15, 0.2) is 0 Å². The Morgan fingerprint density at radius 3 is 2.79 bits per heavy atom. The molecule has 0 amide bonds. The van der Waals surface area contributed by atoms with Gasteiger partial charge in [-0.15, -0.1) is 0 Å². The Hall–Kier alpha value is -1.26. The second-order valence-corrected chi connectivity index (χ2v) is 3.02. The number of ether oxygens (including phenoxy) is 1. The van der Waals surface area contributed by atoms with Crippen molar-refractivity contribution < 1.29 is 14.9 Å². The lowest BCUT2D eigenvalue weighted by Crippen LogP contribution is -2.07. The summed E-state index contributed by atoms with van der Waals surface area (Å²) in [6.07, 6.45) is -0.323. The monoisotopic (exact) mass is 197 g/mol. The molecule has 0 bridgehead atoms. The fourth-order valence-corrected chi connectivity index (χ4v) is 1.24. The Morgan fingerprint density at radius 1 is 1.50 bits per heavy atom. The van der Waals surface area contributed by atoms with E-state index in [0.29, 0.717) is 24.3 Å². The van der Waals surface area contributed by atoms with E-state index in [1.54, 1.807) is 12.1 Å². The lowest BCUT2D eigenvalue weighted by molar-refractivity contribution is 0.166. The molecule has 0 aromatic heterocycles. The van der Waals surface area contributed by atoms with E-state index in [0.717, 1.165) is 0 Å². The normalized spacial score (nSPS) is 12.5. The van der Waals surface area contributed by atoms with Gasteiger partial charge in [0.1, 0.15) is 11.5 Å². The van der Waals surface area contributed by atoms with Crippen LogP contribution in [0.15, 0.2) is 18.2 Å². The molecule has 78 valence electrons. The minimum absolute atomic E-state index is 0.0618. The number of aliphatic hydroxyl groups excluding tert-OH is 1. The highest BCUT2D eigenvalue weighted by Crippen LogP contribution is 2.29. The Morgan fingerprint density at radius 2 is 2.21 bits per heavy atom. The van der Waals surface area contributed by atoms with Gasteiger partial charge in [-0.3, -0.25) is 0 Å². The summed E-state index contributed by atoms with van der Waals surface area (Å²) in [5.74, 6) is 0.667. The second-order valence-electron chi connectivity index (χ2n) is 3.02. The zero-order valence-corrected chi connectivity index (χ0v) is 8.10. The van der Waals surface area contributed by atoms with Crippen molar-refractivity contribution in [2.45, 2.75) is 12.5 Å². The molecule has 0 heterocycles. The standard InChI is InChI=1S/C10H15NO3/c1-14-7-2-3-9(12)8(6-7)10(13)4-5-11/h2-3,6,10,12-13H,4-5,11H2,1H3/t10-/m1/s1. The first-order chi connectivity index (χ1) is 6.69. The number of phenolic OH excluding ortho intramolecular Hbond substituents is 1. The summed E-state index contributed by atoms with van der Waals surface area (Å²) in [7, 11) is 1.53. The first-order valence-electron chi connectivity index (χ1n) is 4.44. The molecule has 0 saturated carbocycles. The molecule has 14 heavy (non-hydrogen) atoms. The molecule has 0 aliphatic rings. The number of hydrogen-bond acceptors (Lipinski definition) is 4. The molecule has 1 atom stereocenters. The van der Waals surface area contributed by atoms with Crippen molar-refractivity contribution in [3.05, 3.63) is 23.8 Å². The molecule has 0 radical (unpaired) electrons. The van der Waals surface area contributed by atoms with E-state index >= 15 is 0 Å². The summed E-state index contributed by atoms with van der Waals surface area (Å²) < 4.78 is 4.98. The van der Waals surface area contributed by atoms with E-state index in [4.69, 9.17) is 10.5 Å². The Bertz CT molecular complexity index is 301. The van der Waals surface area contributed by atoms with Crippen LogP contribution in [0.5, 0.6) is 11.5 Å². The molecule has 0 unspecified atom stereocenters. The number of benzene rings is 1. The van der Waals surface area contributed by atoms with Gasteiger partial charge in [0.2, 0.25) is 0 Å². The van der Waals surface area contributed by atoms with Crippen LogP contribution in [0.25, 0.3) is 0 Å². The van der Waals surface area contributed by atoms with Gasteiger partial charge in [-0.25, -0.2) is 0 Å². The van der Waals surface area contributed by atoms with Gasteiger partial charge < -0.3 is 20.7 Å². The molecular formula is C10H15NO3. The molecule has 0 spiro atoms. The van der Waals surface area contributed by atoms with Crippen molar-refractivity contribution in [2.24, 2.45) is 5.73 Å². The van der Waals surface area contributed by atoms with Crippen LogP contribution >= 0.6 is 0 Å². The highest BCUT2D eigenvalue weighted by Gasteiger charge is 2.12. The maximum atomic E-state index is 9.63. The molecule has 4 heteroatoms. The topological polar surface area (TPSA) is 75.7 Å². The van der Waals surface area contributed by atoms with Gasteiger partial charge in [0, 0.05) is 5.56 Å². The van der Waals surface area contributed by atoms with Gasteiger partial charge in [-0.05, 0) is 31.2 Å². The largest absolute Gasteiger partial charge is 0.508 e. The van der Waals surface area contributed by atoms with Crippen LogP contribution in [0.4, 0.5) is 0 Å². The Kier molecular flexibility index (Phi) is 3.73. The molecule has 0 aliphatic heterocycles. The van der Waals surface area contributed by atoms with Crippen LogP contribution in [-0.2, 0) is 0 Å². The molecule has 1 aromatic rings. The van der Waals surface area contributed by atoms with Gasteiger partial charge in [-0.1, -0.05) is 0 Å². The number of hydrogen-bond donors (Lipinski definition) is 3. The molecular weight excluding hydrogens is 182 g/mol. The Labute approximate surface area is 82.9 Å². The van der Waals surface area contributed by atoms with Crippen molar-refractivity contribution >= 4 is 0 Å². The number of aliphatic hydroxyl groups is 1. The molecule has 4 N–H and O–H groups in total. The van der Waals surface area contributed by atoms with Gasteiger partial charge >= 0.3 is 0 Å². The minimum Gasteiger partial charge on any atom is -0.508 e. The van der Waals surface area contributed by atoms with E-state index in [-0.39, 0.29) is 5.75 Å². The third kappa shape index (κ3) is 2.37. The maximum absolute atomic E-state index is 9.63. The predicted octanol–water partition coefficient (Wildman–Crippen LogP) is 0.783. The van der Waals surface area contributed by atoms with E-state index in [1.807, 2.05) is 0 Å². The average molecular weight is 197 g/mol. The predicted molar refractivity (Wildman–Crippen MR) is 53.3 cm³/mol. The second kappa shape index (κ2) is 4.83. The summed E-state index contributed by atoms with van der Waals surface area (Å²) in [5, 5.41) is 19.1. The summed E-state index contributed by atoms with van der Waals surface area (Å²) in [4.78, 5) is 0. The highest BCUT2D eigenvalue weighted by atomic mass is 16.5. The number of aromatic hydroxyl groups is 1. The smallest absolute Gasteiger partial charge is 0.121 e. The molecule has 0 aliphatic carbocycles. The molecule has 1 rings (SSSR count). The van der Waals surface area contributed by atoms with Gasteiger partial charge in [0.25, 0.3) is 0 Å². The number of rotatable bonds is 4. The fourth-order valence-electron chi connectivity index (χ4n) is 1.24. The molecule has 1 aromatic carbocycles. The summed E-state index contributed by atoms with van der Waals surface area (Å²) >= 11 is 0. The summed E-state index contributed by atoms with van der Waals surface area (Å²) in [6.45, 7) is 0.373. The number of phenols is 1. The third-order valence-corrected chi connectivity index (χ3v) is 2.03. The maximum Gasteiger partial charge on any atom is 0.121 e. The van der Waals surface area contributed by atoms with Crippen molar-refractivity contribution in [3.63, 3.8) is 0 Å². The van der Waals surface area contributed by atoms with Crippen molar-refractivity contribution in [3.8, 4) is 11.5 Å². The van der Waals surface area contributed by atoms with Crippen LogP contribution in [-0.4, -0.2) is 23.9 Å². The molecule has 4 nitrogen and oxygen atoms in total. The van der Waals surface area contributed by atoms with Crippen LogP contribution in [0.3, 0.4) is 0 Å². The Balaban J connectivity index is 2.93. The van der Waals surface area contributed by atoms with Crippen LogP contribution in [0.1, 0.15) is 18.1 Å². The zero-order valence-electron chi connectivity index (χ0n) is 8.10. The number of methoxy groups -OCH3 is 1. The lowest BCUT2D eigenvalue weighted by atomic mass is 10.1. The molecule has 0 fully saturated rings. The van der Waals surface area contributed by atoms with E-state index in [9.17, 15) is 10.2 Å². The average Bonchev–Trinajstić information content (AvgIpc) is 2.19. The molecule has 0 saturated heterocycles. The number of nitrogens with two attached hydrogens (primary N) is 1. The van der Waals surface area contributed by atoms with Gasteiger partial charge in [-0.2, -0.15) is 0 Å². The van der Waals surface area contributed by atoms with Gasteiger partial charge in [0.05, 0.1) is 13.2 Å². The SMILES string of the molecule is COc1ccc(O)c([C@H](O)CCN)c1. The van der Waals surface area contributed by atoms with Crippen LogP contribution < -0.4 is 10.5 Å². The zero-order chi connectivity index (χ0) is 10.6. The first-order valence-corrected chi connectivity index (χ1v) is 4.44. The first kappa shape index (κ1) is 10.8. The van der Waals surface area contributed by atoms with Crippen LogP contribution in [0.2, 0.25) is 0 Å². The quantitative estimate of drug-likeness (QED) is 0.666. The summed E-state index contributed by atoms with van der Waals surface area (Å²) in [6, 6.07) is 4.73. The third-order valence-electron chi connectivity index (χ3n) is 2.03. The summed E-state index contributed by atoms with van der Waals surface area (Å²) in [5.41, 5.74) is 5.77. The van der Waals surface area contributed by atoms with Crippen molar-refractivity contribution in [2.75, 3.05) is 13.7 Å². The van der Waals surface area contributed by atoms with Crippen LogP contribution in [0, 0.1) is 0 Å². The van der Waals surface area contributed by atoms with E-state index in [2.05, 4.69) is 0 Å². The van der Waals surface area contributed by atoms with Crippen molar-refractivity contribution in [1.29, 1.82) is 0 Å².